The molecule has 2 rings (SSSR count). The molecule has 1 aromatic heterocycles. The number of carbonyl (C=O) groups excluding carboxylic acids is 2. The van der Waals surface area contributed by atoms with Gasteiger partial charge in [-0.3, -0.25) is 14.7 Å². The van der Waals surface area contributed by atoms with Gasteiger partial charge in [0.1, 0.15) is 0 Å². The third-order valence-corrected chi connectivity index (χ3v) is 4.48. The van der Waals surface area contributed by atoms with E-state index in [0.717, 1.165) is 17.0 Å². The number of benzene rings is 1. The summed E-state index contributed by atoms with van der Waals surface area (Å²) in [6, 6.07) is 7.44. The highest BCUT2D eigenvalue weighted by molar-refractivity contribution is 7.99. The summed E-state index contributed by atoms with van der Waals surface area (Å²) in [6.07, 6.45) is 0. The number of carbonyl (C=O) groups is 2. The van der Waals surface area contributed by atoms with E-state index in [9.17, 15) is 9.59 Å². The maximum absolute atomic E-state index is 12.0. The lowest BCUT2D eigenvalue weighted by atomic mass is 10.1. The second-order valence-electron chi connectivity index (χ2n) is 6.29. The molecule has 1 heterocycles. The van der Waals surface area contributed by atoms with Gasteiger partial charge in [0.05, 0.1) is 18.9 Å². The summed E-state index contributed by atoms with van der Waals surface area (Å²) in [4.78, 5) is 23.6. The number of hydrogen-bond acceptors (Lipinski definition) is 6. The van der Waals surface area contributed by atoms with Crippen molar-refractivity contribution in [3.63, 3.8) is 0 Å². The summed E-state index contributed by atoms with van der Waals surface area (Å²) in [5, 5.41) is 14.0. The number of methoxy groups -OCH3 is 1. The van der Waals surface area contributed by atoms with Crippen molar-refractivity contribution in [1.82, 2.24) is 25.4 Å². The van der Waals surface area contributed by atoms with Gasteiger partial charge in [-0.15, -0.1) is 10.2 Å². The Morgan fingerprint density at radius 2 is 2.07 bits per heavy atom. The van der Waals surface area contributed by atoms with Crippen LogP contribution in [0, 0.1) is 6.92 Å². The van der Waals surface area contributed by atoms with Crippen LogP contribution in [0.2, 0.25) is 0 Å². The van der Waals surface area contributed by atoms with Crippen LogP contribution in [0.25, 0.3) is 11.4 Å². The predicted octanol–water partition coefficient (Wildman–Crippen LogP) is 2.23. The maximum Gasteiger partial charge on any atom is 0.321 e. The van der Waals surface area contributed by atoms with E-state index in [4.69, 9.17) is 4.74 Å². The first-order chi connectivity index (χ1) is 12.9. The second-order valence-corrected chi connectivity index (χ2v) is 7.23. The van der Waals surface area contributed by atoms with Gasteiger partial charge in [0.15, 0.2) is 11.0 Å². The molecule has 0 bridgehead atoms. The van der Waals surface area contributed by atoms with E-state index in [1.54, 1.807) is 7.11 Å². The summed E-state index contributed by atoms with van der Waals surface area (Å²) >= 11 is 1.23. The number of amides is 3. The molecule has 27 heavy (non-hydrogen) atoms. The molecule has 3 amide bonds. The number of hydrogen-bond donors (Lipinski definition) is 2. The zero-order valence-corrected chi connectivity index (χ0v) is 16.8. The number of aryl methyl sites for hydroxylation is 1. The number of rotatable bonds is 8. The molecule has 8 nitrogen and oxygen atoms in total. The molecule has 146 valence electrons. The van der Waals surface area contributed by atoms with Crippen molar-refractivity contribution in [2.45, 2.75) is 38.5 Å². The highest BCUT2D eigenvalue weighted by atomic mass is 32.2. The first kappa shape index (κ1) is 20.9. The minimum Gasteiger partial charge on any atom is -0.383 e. The fourth-order valence-electron chi connectivity index (χ4n) is 2.37. The molecular formula is C18H25N5O3S. The Labute approximate surface area is 163 Å². The Hall–Kier alpha value is -2.39. The molecule has 2 N–H and O–H groups in total. The summed E-state index contributed by atoms with van der Waals surface area (Å²) in [7, 11) is 1.63. The normalized spacial score (nSPS) is 10.9. The van der Waals surface area contributed by atoms with E-state index in [1.165, 1.54) is 11.8 Å². The van der Waals surface area contributed by atoms with E-state index in [1.807, 2.05) is 49.6 Å². The Morgan fingerprint density at radius 1 is 1.30 bits per heavy atom. The van der Waals surface area contributed by atoms with Crippen molar-refractivity contribution in [2.75, 3.05) is 19.5 Å². The molecule has 0 aliphatic rings. The fourth-order valence-corrected chi connectivity index (χ4v) is 3.13. The van der Waals surface area contributed by atoms with E-state index < -0.39 is 11.9 Å². The first-order valence-corrected chi connectivity index (χ1v) is 9.61. The molecule has 0 atom stereocenters. The van der Waals surface area contributed by atoms with Gasteiger partial charge in [0.25, 0.3) is 0 Å². The molecule has 0 saturated heterocycles. The second kappa shape index (κ2) is 10.1. The lowest BCUT2D eigenvalue weighted by molar-refractivity contribution is -0.117. The van der Waals surface area contributed by atoms with Crippen LogP contribution in [-0.2, 0) is 16.1 Å². The van der Waals surface area contributed by atoms with Gasteiger partial charge in [-0.25, -0.2) is 4.79 Å². The fraction of sp³-hybridized carbons (Fsp3) is 0.444. The molecular weight excluding hydrogens is 366 g/mol. The number of aromatic nitrogens is 3. The summed E-state index contributed by atoms with van der Waals surface area (Å²) in [5.41, 5.74) is 2.07. The van der Waals surface area contributed by atoms with E-state index in [0.29, 0.717) is 18.3 Å². The molecule has 0 saturated carbocycles. The van der Waals surface area contributed by atoms with Gasteiger partial charge in [-0.2, -0.15) is 0 Å². The minimum absolute atomic E-state index is 0.0421. The first-order valence-electron chi connectivity index (χ1n) is 8.63. The van der Waals surface area contributed by atoms with Crippen LogP contribution < -0.4 is 10.6 Å². The van der Waals surface area contributed by atoms with Crippen molar-refractivity contribution in [3.8, 4) is 11.4 Å². The van der Waals surface area contributed by atoms with E-state index >= 15 is 0 Å². The Bertz CT molecular complexity index is 791. The Kier molecular flexibility index (Phi) is 7.81. The van der Waals surface area contributed by atoms with Crippen LogP contribution in [0.3, 0.4) is 0 Å². The highest BCUT2D eigenvalue weighted by Crippen LogP contribution is 2.24. The quantitative estimate of drug-likeness (QED) is 0.670. The topological polar surface area (TPSA) is 98.1 Å². The van der Waals surface area contributed by atoms with E-state index in [-0.39, 0.29) is 11.8 Å². The standard InChI is InChI=1S/C18H25N5O3S/c1-12(2)19-17(25)20-15(24)11-27-18-22-21-16(23(18)8-9-26-4)14-7-5-6-13(3)10-14/h5-7,10,12H,8-9,11H2,1-4H3,(H2,19,20,24,25). The average molecular weight is 391 g/mol. The summed E-state index contributed by atoms with van der Waals surface area (Å²) < 4.78 is 7.10. The number of nitrogens with one attached hydrogen (secondary N) is 2. The number of nitrogens with zero attached hydrogens (tertiary/aromatic N) is 3. The van der Waals surface area contributed by atoms with Gasteiger partial charge in [0.2, 0.25) is 5.91 Å². The summed E-state index contributed by atoms with van der Waals surface area (Å²) in [5.74, 6) is 0.387. The summed E-state index contributed by atoms with van der Waals surface area (Å²) in [6.45, 7) is 6.72. The van der Waals surface area contributed by atoms with Gasteiger partial charge in [0, 0.05) is 18.7 Å². The molecule has 0 spiro atoms. The molecule has 0 unspecified atom stereocenters. The van der Waals surface area contributed by atoms with Gasteiger partial charge in [-0.1, -0.05) is 35.5 Å². The van der Waals surface area contributed by atoms with Crippen molar-refractivity contribution < 1.29 is 14.3 Å². The molecule has 0 fully saturated rings. The Morgan fingerprint density at radius 3 is 2.74 bits per heavy atom. The number of ether oxygens (including phenoxy) is 1. The van der Waals surface area contributed by atoms with Crippen molar-refractivity contribution in [2.24, 2.45) is 0 Å². The zero-order chi connectivity index (χ0) is 19.8. The molecule has 0 aliphatic carbocycles. The van der Waals surface area contributed by atoms with Crippen LogP contribution in [0.1, 0.15) is 19.4 Å². The smallest absolute Gasteiger partial charge is 0.321 e. The number of thioether (sulfide) groups is 1. The minimum atomic E-state index is -0.503. The molecule has 0 radical (unpaired) electrons. The molecule has 1 aromatic carbocycles. The van der Waals surface area contributed by atoms with Gasteiger partial charge < -0.3 is 10.1 Å². The average Bonchev–Trinajstić information content (AvgIpc) is 3.00. The largest absolute Gasteiger partial charge is 0.383 e. The van der Waals surface area contributed by atoms with Crippen molar-refractivity contribution in [1.29, 1.82) is 0 Å². The number of imide groups is 1. The molecule has 2 aromatic rings. The van der Waals surface area contributed by atoms with E-state index in [2.05, 4.69) is 20.8 Å². The van der Waals surface area contributed by atoms with Crippen LogP contribution in [-0.4, -0.2) is 52.2 Å². The third kappa shape index (κ3) is 6.37. The maximum atomic E-state index is 12.0. The lowest BCUT2D eigenvalue weighted by Gasteiger charge is -2.11. The Balaban J connectivity index is 2.10. The SMILES string of the molecule is COCCn1c(SCC(=O)NC(=O)NC(C)C)nnc1-c1cccc(C)c1. The van der Waals surface area contributed by atoms with Crippen LogP contribution in [0.15, 0.2) is 29.4 Å². The van der Waals surface area contributed by atoms with Crippen LogP contribution >= 0.6 is 11.8 Å². The molecule has 9 heteroatoms. The van der Waals surface area contributed by atoms with Gasteiger partial charge >= 0.3 is 6.03 Å². The monoisotopic (exact) mass is 391 g/mol. The van der Waals surface area contributed by atoms with Crippen LogP contribution in [0.4, 0.5) is 4.79 Å². The third-order valence-electron chi connectivity index (χ3n) is 3.52. The zero-order valence-electron chi connectivity index (χ0n) is 16.0. The van der Waals surface area contributed by atoms with Crippen molar-refractivity contribution >= 4 is 23.7 Å². The van der Waals surface area contributed by atoms with Gasteiger partial charge in [-0.05, 0) is 26.8 Å². The highest BCUT2D eigenvalue weighted by Gasteiger charge is 2.16. The van der Waals surface area contributed by atoms with Crippen LogP contribution in [0.5, 0.6) is 0 Å². The molecule has 0 aliphatic heterocycles. The lowest BCUT2D eigenvalue weighted by Crippen LogP contribution is -2.43. The number of urea groups is 1. The predicted molar refractivity (Wildman–Crippen MR) is 105 cm³/mol. The van der Waals surface area contributed by atoms with Crippen molar-refractivity contribution in [3.05, 3.63) is 29.8 Å².